The molecule has 0 radical (unpaired) electrons. The lowest BCUT2D eigenvalue weighted by Crippen LogP contribution is -2.33. The van der Waals surface area contributed by atoms with E-state index in [2.05, 4.69) is 17.1 Å². The molecular weight excluding hydrogens is 272 g/mol. The molecule has 0 saturated carbocycles. The number of halogens is 1. The molecule has 1 aliphatic heterocycles. The molecule has 1 aromatic heterocycles. The highest BCUT2D eigenvalue weighted by Crippen LogP contribution is 2.32. The lowest BCUT2D eigenvalue weighted by Gasteiger charge is -2.26. The molecule has 0 unspecified atom stereocenters. The lowest BCUT2D eigenvalue weighted by atomic mass is 9.99. The summed E-state index contributed by atoms with van der Waals surface area (Å²) in [4.78, 5) is 16.8. The summed E-state index contributed by atoms with van der Waals surface area (Å²) < 4.78 is 0. The molecule has 20 heavy (non-hydrogen) atoms. The van der Waals surface area contributed by atoms with Gasteiger partial charge in [-0.15, -0.1) is 0 Å². The van der Waals surface area contributed by atoms with Gasteiger partial charge in [-0.1, -0.05) is 36.7 Å². The second-order valence-electron chi connectivity index (χ2n) is 5.04. The van der Waals surface area contributed by atoms with Crippen molar-refractivity contribution < 1.29 is 4.79 Å². The predicted molar refractivity (Wildman–Crippen MR) is 82.8 cm³/mol. The largest absolute Gasteiger partial charge is 0.359 e. The van der Waals surface area contributed by atoms with E-state index in [1.165, 1.54) is 11.1 Å². The Morgan fingerprint density at radius 1 is 1.45 bits per heavy atom. The second kappa shape index (κ2) is 5.33. The summed E-state index contributed by atoms with van der Waals surface area (Å²) in [5.41, 5.74) is 3.47. The summed E-state index contributed by atoms with van der Waals surface area (Å²) >= 11 is 6.19. The van der Waals surface area contributed by atoms with Gasteiger partial charge in [-0.3, -0.25) is 4.79 Å². The average Bonchev–Trinajstić information content (AvgIpc) is 2.92. The quantitative estimate of drug-likeness (QED) is 0.895. The van der Waals surface area contributed by atoms with Crippen LogP contribution in [-0.4, -0.2) is 28.9 Å². The van der Waals surface area contributed by atoms with Crippen LogP contribution >= 0.6 is 11.6 Å². The zero-order chi connectivity index (χ0) is 14.1. The third-order valence-electron chi connectivity index (χ3n) is 3.87. The van der Waals surface area contributed by atoms with E-state index in [0.717, 1.165) is 28.9 Å². The van der Waals surface area contributed by atoms with E-state index in [1.807, 2.05) is 30.2 Å². The van der Waals surface area contributed by atoms with Gasteiger partial charge in [-0.2, -0.15) is 0 Å². The molecule has 2 aromatic rings. The molecule has 1 amide bonds. The van der Waals surface area contributed by atoms with Crippen molar-refractivity contribution in [3.8, 4) is 0 Å². The highest BCUT2D eigenvalue weighted by molar-refractivity contribution is 6.35. The summed E-state index contributed by atoms with van der Waals surface area (Å²) in [6, 6.07) is 5.94. The van der Waals surface area contributed by atoms with Gasteiger partial charge in [0.15, 0.2) is 0 Å². The van der Waals surface area contributed by atoms with Crippen molar-refractivity contribution in [3.05, 3.63) is 41.1 Å². The molecule has 1 N–H and O–H groups in total. The number of H-pyrrole nitrogens is 1. The highest BCUT2D eigenvalue weighted by Gasteiger charge is 2.18. The third kappa shape index (κ3) is 2.22. The minimum atomic E-state index is 0.224. The molecule has 0 saturated heterocycles. The summed E-state index contributed by atoms with van der Waals surface area (Å²) in [5, 5.41) is 1.90. The Labute approximate surface area is 123 Å². The number of carbonyl (C=O) groups excluding carboxylic acids is 1. The number of hydrogen-bond donors (Lipinski definition) is 1. The number of amides is 1. The number of nitrogens with zero attached hydrogens (tertiary/aromatic N) is 1. The zero-order valence-corrected chi connectivity index (χ0v) is 12.2. The number of aromatic nitrogens is 1. The van der Waals surface area contributed by atoms with Gasteiger partial charge in [0.2, 0.25) is 5.91 Å². The van der Waals surface area contributed by atoms with E-state index < -0.39 is 0 Å². The molecule has 3 rings (SSSR count). The molecular formula is C16H17ClN2O. The summed E-state index contributed by atoms with van der Waals surface area (Å²) in [7, 11) is 0. The maximum atomic E-state index is 11.7. The molecule has 104 valence electrons. The van der Waals surface area contributed by atoms with Crippen LogP contribution in [0.1, 0.15) is 25.3 Å². The highest BCUT2D eigenvalue weighted by atomic mass is 35.5. The van der Waals surface area contributed by atoms with Gasteiger partial charge in [0.25, 0.3) is 0 Å². The van der Waals surface area contributed by atoms with Crippen molar-refractivity contribution in [3.63, 3.8) is 0 Å². The number of aromatic amines is 1. The van der Waals surface area contributed by atoms with Crippen LogP contribution < -0.4 is 0 Å². The minimum absolute atomic E-state index is 0.224. The van der Waals surface area contributed by atoms with Crippen LogP contribution in [0.3, 0.4) is 0 Å². The Morgan fingerprint density at radius 3 is 3.00 bits per heavy atom. The molecule has 0 spiro atoms. The van der Waals surface area contributed by atoms with Gasteiger partial charge in [-0.25, -0.2) is 0 Å². The molecule has 0 aliphatic carbocycles. The molecule has 0 bridgehead atoms. The number of hydrogen-bond acceptors (Lipinski definition) is 1. The van der Waals surface area contributed by atoms with Crippen LogP contribution in [0.5, 0.6) is 0 Å². The number of nitrogens with one attached hydrogen (secondary N) is 1. The summed E-state index contributed by atoms with van der Waals surface area (Å²) in [5.74, 6) is 0.224. The Kier molecular flexibility index (Phi) is 3.53. The van der Waals surface area contributed by atoms with E-state index in [-0.39, 0.29) is 5.91 Å². The molecule has 4 heteroatoms. The summed E-state index contributed by atoms with van der Waals surface area (Å²) in [6.07, 6.45) is 5.64. The smallest absolute Gasteiger partial charge is 0.222 e. The third-order valence-corrected chi connectivity index (χ3v) is 4.19. The molecule has 1 aliphatic rings. The van der Waals surface area contributed by atoms with Crippen molar-refractivity contribution in [2.45, 2.75) is 19.8 Å². The van der Waals surface area contributed by atoms with E-state index >= 15 is 0 Å². The Balaban J connectivity index is 1.92. The van der Waals surface area contributed by atoms with Crippen LogP contribution in [0, 0.1) is 0 Å². The van der Waals surface area contributed by atoms with Crippen LogP contribution in [0.4, 0.5) is 0 Å². The van der Waals surface area contributed by atoms with Crippen LogP contribution in [0.25, 0.3) is 16.5 Å². The first kappa shape index (κ1) is 13.3. The van der Waals surface area contributed by atoms with E-state index in [9.17, 15) is 4.79 Å². The second-order valence-corrected chi connectivity index (χ2v) is 5.44. The van der Waals surface area contributed by atoms with Gasteiger partial charge in [0.1, 0.15) is 0 Å². The number of benzene rings is 1. The fourth-order valence-corrected chi connectivity index (χ4v) is 2.98. The number of para-hydroxylation sites is 1. The first-order valence-corrected chi connectivity index (χ1v) is 7.31. The predicted octanol–water partition coefficient (Wildman–Crippen LogP) is 3.85. The topological polar surface area (TPSA) is 36.1 Å². The van der Waals surface area contributed by atoms with Crippen molar-refractivity contribution in [2.75, 3.05) is 13.1 Å². The average molecular weight is 289 g/mol. The molecule has 2 heterocycles. The van der Waals surface area contributed by atoms with Gasteiger partial charge in [-0.05, 0) is 18.1 Å². The Bertz CT molecular complexity index is 687. The SMILES string of the molecule is CCC(=O)N1CC=C(c2c[nH]c3c(Cl)cccc23)CC1. The normalized spacial score (nSPS) is 15.5. The van der Waals surface area contributed by atoms with Gasteiger partial charge in [0, 0.05) is 36.7 Å². The lowest BCUT2D eigenvalue weighted by molar-refractivity contribution is -0.130. The maximum Gasteiger partial charge on any atom is 0.222 e. The van der Waals surface area contributed by atoms with Crippen molar-refractivity contribution >= 4 is 34.0 Å². The van der Waals surface area contributed by atoms with Gasteiger partial charge in [0.05, 0.1) is 10.5 Å². The maximum absolute atomic E-state index is 11.7. The fourth-order valence-electron chi connectivity index (χ4n) is 2.75. The molecule has 3 nitrogen and oxygen atoms in total. The number of rotatable bonds is 2. The van der Waals surface area contributed by atoms with E-state index in [1.54, 1.807) is 0 Å². The molecule has 0 fully saturated rings. The standard InChI is InChI=1S/C16H17ClN2O/c1-2-15(20)19-8-6-11(7-9-19)13-10-18-16-12(13)4-3-5-14(16)17/h3-6,10,18H,2,7-9H2,1H3. The van der Waals surface area contributed by atoms with Crippen molar-refractivity contribution in [2.24, 2.45) is 0 Å². The molecule has 1 aromatic carbocycles. The molecule has 0 atom stereocenters. The van der Waals surface area contributed by atoms with E-state index in [4.69, 9.17) is 11.6 Å². The number of carbonyl (C=O) groups is 1. The van der Waals surface area contributed by atoms with Gasteiger partial charge >= 0.3 is 0 Å². The zero-order valence-electron chi connectivity index (χ0n) is 11.4. The summed E-state index contributed by atoms with van der Waals surface area (Å²) in [6.45, 7) is 3.41. The monoisotopic (exact) mass is 288 g/mol. The number of fused-ring (bicyclic) bond motifs is 1. The van der Waals surface area contributed by atoms with Gasteiger partial charge < -0.3 is 9.88 Å². The Hall–Kier alpha value is -1.74. The van der Waals surface area contributed by atoms with Crippen molar-refractivity contribution in [1.29, 1.82) is 0 Å². The van der Waals surface area contributed by atoms with Crippen LogP contribution in [-0.2, 0) is 4.79 Å². The minimum Gasteiger partial charge on any atom is -0.359 e. The van der Waals surface area contributed by atoms with Crippen LogP contribution in [0.2, 0.25) is 5.02 Å². The van der Waals surface area contributed by atoms with E-state index in [0.29, 0.717) is 13.0 Å². The van der Waals surface area contributed by atoms with Crippen LogP contribution in [0.15, 0.2) is 30.5 Å². The first-order valence-electron chi connectivity index (χ1n) is 6.93. The van der Waals surface area contributed by atoms with Crippen molar-refractivity contribution in [1.82, 2.24) is 9.88 Å². The fraction of sp³-hybridized carbons (Fsp3) is 0.312. The first-order chi connectivity index (χ1) is 9.70. The Morgan fingerprint density at radius 2 is 2.30 bits per heavy atom.